The summed E-state index contributed by atoms with van der Waals surface area (Å²) in [6, 6.07) is 7.04. The molecule has 0 unspecified atom stereocenters. The van der Waals surface area contributed by atoms with E-state index in [1.54, 1.807) is 42.8 Å². The lowest BCUT2D eigenvalue weighted by Gasteiger charge is -2.29. The Bertz CT molecular complexity index is 1020. The normalized spacial score (nSPS) is 15.6. The third kappa shape index (κ3) is 5.84. The van der Waals surface area contributed by atoms with Gasteiger partial charge < -0.3 is 14.6 Å². The summed E-state index contributed by atoms with van der Waals surface area (Å²) in [4.78, 5) is 28.3. The first-order valence-corrected chi connectivity index (χ1v) is 11.7. The first-order valence-electron chi connectivity index (χ1n) is 9.84. The third-order valence-corrected chi connectivity index (χ3v) is 7.25. The van der Waals surface area contributed by atoms with Crippen molar-refractivity contribution < 1.29 is 22.7 Å². The second-order valence-corrected chi connectivity index (χ2v) is 9.75. The predicted molar refractivity (Wildman–Crippen MR) is 114 cm³/mol. The average Bonchev–Trinajstić information content (AvgIpc) is 3.11. The number of hydrogen-bond acceptors (Lipinski definition) is 6. The van der Waals surface area contributed by atoms with Gasteiger partial charge in [-0.3, -0.25) is 9.59 Å². The van der Waals surface area contributed by atoms with Gasteiger partial charge in [0.15, 0.2) is 11.6 Å². The Kier molecular flexibility index (Phi) is 7.34. The molecule has 1 aliphatic heterocycles. The molecule has 0 saturated carbocycles. The van der Waals surface area contributed by atoms with Crippen LogP contribution in [-0.4, -0.2) is 53.8 Å². The number of piperidine rings is 1. The molecule has 0 spiro atoms. The number of hydrogen-bond donors (Lipinski definition) is 1. The van der Waals surface area contributed by atoms with Crippen molar-refractivity contribution in [3.05, 3.63) is 46.9 Å². The lowest BCUT2D eigenvalue weighted by atomic mass is 9.98. The summed E-state index contributed by atoms with van der Waals surface area (Å²) in [5, 5.41) is 3.29. The number of carbonyl (C=O) groups is 2. The summed E-state index contributed by atoms with van der Waals surface area (Å²) in [5.74, 6) is -0.742. The molecule has 31 heavy (non-hydrogen) atoms. The molecule has 2 heterocycles. The Labute approximate surface area is 186 Å². The van der Waals surface area contributed by atoms with Crippen molar-refractivity contribution in [2.45, 2.75) is 31.3 Å². The van der Waals surface area contributed by atoms with Gasteiger partial charge in [0.05, 0.1) is 5.92 Å². The van der Waals surface area contributed by atoms with Crippen LogP contribution in [-0.2, 0) is 37.9 Å². The number of aryl methyl sites for hydroxylation is 2. The molecule has 0 radical (unpaired) electrons. The van der Waals surface area contributed by atoms with E-state index in [9.17, 15) is 18.0 Å². The number of ether oxygens (including phenoxy) is 1. The quantitative estimate of drug-likeness (QED) is 0.618. The highest BCUT2D eigenvalue weighted by Crippen LogP contribution is 2.24. The Balaban J connectivity index is 1.43. The van der Waals surface area contributed by atoms with Gasteiger partial charge in [-0.25, -0.2) is 13.4 Å². The number of rotatable bonds is 7. The fourth-order valence-corrected chi connectivity index (χ4v) is 4.84. The van der Waals surface area contributed by atoms with E-state index in [1.807, 2.05) is 0 Å². The second kappa shape index (κ2) is 9.80. The topological polar surface area (TPSA) is 111 Å². The highest BCUT2D eigenvalue weighted by atomic mass is 35.5. The lowest BCUT2D eigenvalue weighted by molar-refractivity contribution is -0.153. The molecule has 1 N–H and O–H groups in total. The van der Waals surface area contributed by atoms with E-state index in [2.05, 4.69) is 10.3 Å². The van der Waals surface area contributed by atoms with Gasteiger partial charge in [-0.1, -0.05) is 23.7 Å². The highest BCUT2D eigenvalue weighted by molar-refractivity contribution is 7.89. The molecule has 168 valence electrons. The van der Waals surface area contributed by atoms with E-state index in [4.69, 9.17) is 16.3 Å². The van der Waals surface area contributed by atoms with Gasteiger partial charge in [-0.15, -0.1) is 0 Å². The maximum atomic E-state index is 12.7. The van der Waals surface area contributed by atoms with E-state index < -0.39 is 27.8 Å². The van der Waals surface area contributed by atoms with Crippen LogP contribution < -0.4 is 5.32 Å². The van der Waals surface area contributed by atoms with E-state index in [0.717, 1.165) is 5.56 Å². The van der Waals surface area contributed by atoms with Crippen molar-refractivity contribution in [3.63, 3.8) is 0 Å². The number of carbonyl (C=O) groups excluding carboxylic acids is 2. The van der Waals surface area contributed by atoms with Gasteiger partial charge in [-0.05, 0) is 37.5 Å². The smallest absolute Gasteiger partial charge is 0.309 e. The number of nitrogens with one attached hydrogen (secondary N) is 1. The molecule has 1 fully saturated rings. The molecule has 2 aromatic rings. The van der Waals surface area contributed by atoms with Crippen LogP contribution in [0.3, 0.4) is 0 Å². The molecular weight excluding hydrogens is 444 g/mol. The number of benzene rings is 1. The Morgan fingerprint density at radius 2 is 1.87 bits per heavy atom. The first kappa shape index (κ1) is 23.2. The summed E-state index contributed by atoms with van der Waals surface area (Å²) in [7, 11) is -1.97. The van der Waals surface area contributed by atoms with Crippen LogP contribution in [0.2, 0.25) is 5.02 Å². The molecule has 9 nitrogen and oxygen atoms in total. The number of aromatic nitrogens is 2. The molecule has 1 aromatic heterocycles. The van der Waals surface area contributed by atoms with Crippen LogP contribution in [0, 0.1) is 12.8 Å². The molecule has 1 aromatic carbocycles. The van der Waals surface area contributed by atoms with Crippen molar-refractivity contribution >= 4 is 33.5 Å². The molecule has 0 bridgehead atoms. The number of sulfonamides is 1. The van der Waals surface area contributed by atoms with Crippen LogP contribution in [0.4, 0.5) is 0 Å². The summed E-state index contributed by atoms with van der Waals surface area (Å²) in [6.45, 7) is 2.04. The van der Waals surface area contributed by atoms with Crippen LogP contribution >= 0.6 is 11.6 Å². The molecule has 1 saturated heterocycles. The maximum absolute atomic E-state index is 12.7. The fourth-order valence-electron chi connectivity index (χ4n) is 3.22. The largest absolute Gasteiger partial charge is 0.455 e. The molecule has 1 amide bonds. The van der Waals surface area contributed by atoms with Crippen molar-refractivity contribution in [2.75, 3.05) is 19.7 Å². The number of imidazole rings is 1. The lowest BCUT2D eigenvalue weighted by Crippen LogP contribution is -2.41. The fraction of sp³-hybridized carbons (Fsp3) is 0.450. The molecule has 0 aliphatic carbocycles. The molecular formula is C20H25ClN4O5S. The van der Waals surface area contributed by atoms with Crippen LogP contribution in [0.25, 0.3) is 0 Å². The highest BCUT2D eigenvalue weighted by Gasteiger charge is 2.34. The monoisotopic (exact) mass is 468 g/mol. The SMILES string of the molecule is Cc1nc(S(=O)(=O)N2CCC(C(=O)OCC(=O)NCc3ccc(Cl)cc3)CC2)cn1C. The predicted octanol–water partition coefficient (Wildman–Crippen LogP) is 1.64. The van der Waals surface area contributed by atoms with E-state index in [-0.39, 0.29) is 24.7 Å². The second-order valence-electron chi connectivity index (χ2n) is 7.43. The number of esters is 1. The summed E-state index contributed by atoms with van der Waals surface area (Å²) in [6.07, 6.45) is 2.14. The van der Waals surface area contributed by atoms with Gasteiger partial charge in [0, 0.05) is 37.9 Å². The molecule has 11 heteroatoms. The summed E-state index contributed by atoms with van der Waals surface area (Å²) >= 11 is 5.82. The molecule has 0 atom stereocenters. The van der Waals surface area contributed by atoms with E-state index in [1.165, 1.54) is 10.5 Å². The van der Waals surface area contributed by atoms with Gasteiger partial charge in [0.25, 0.3) is 15.9 Å². The maximum Gasteiger partial charge on any atom is 0.309 e. The summed E-state index contributed by atoms with van der Waals surface area (Å²) < 4.78 is 33.5. The van der Waals surface area contributed by atoms with Crippen LogP contribution in [0.5, 0.6) is 0 Å². The number of halogens is 1. The zero-order valence-corrected chi connectivity index (χ0v) is 18.9. The third-order valence-electron chi connectivity index (χ3n) is 5.23. The zero-order valence-electron chi connectivity index (χ0n) is 17.4. The van der Waals surface area contributed by atoms with Crippen molar-refractivity contribution in [3.8, 4) is 0 Å². The van der Waals surface area contributed by atoms with Crippen molar-refractivity contribution in [2.24, 2.45) is 13.0 Å². The van der Waals surface area contributed by atoms with E-state index in [0.29, 0.717) is 30.2 Å². The first-order chi connectivity index (χ1) is 14.7. The summed E-state index contributed by atoms with van der Waals surface area (Å²) in [5.41, 5.74) is 0.876. The minimum Gasteiger partial charge on any atom is -0.455 e. The Hall–Kier alpha value is -2.43. The Morgan fingerprint density at radius 3 is 2.45 bits per heavy atom. The standard InChI is InChI=1S/C20H25ClN4O5S/c1-14-23-19(12-24(14)2)31(28,29)25-9-7-16(8-10-25)20(27)30-13-18(26)22-11-15-3-5-17(21)6-4-15/h3-6,12,16H,7-11,13H2,1-2H3,(H,22,26). The minimum atomic E-state index is -3.70. The Morgan fingerprint density at radius 1 is 1.23 bits per heavy atom. The minimum absolute atomic E-state index is 0.00545. The van der Waals surface area contributed by atoms with Crippen LogP contribution in [0.15, 0.2) is 35.5 Å². The van der Waals surface area contributed by atoms with E-state index >= 15 is 0 Å². The number of nitrogens with zero attached hydrogens (tertiary/aromatic N) is 3. The molecule has 1 aliphatic rings. The van der Waals surface area contributed by atoms with Crippen molar-refractivity contribution in [1.82, 2.24) is 19.2 Å². The average molecular weight is 469 g/mol. The van der Waals surface area contributed by atoms with Crippen LogP contribution in [0.1, 0.15) is 24.2 Å². The van der Waals surface area contributed by atoms with Gasteiger partial charge in [0.1, 0.15) is 5.82 Å². The number of amides is 1. The zero-order chi connectivity index (χ0) is 22.6. The van der Waals surface area contributed by atoms with Gasteiger partial charge in [0.2, 0.25) is 0 Å². The van der Waals surface area contributed by atoms with Crippen molar-refractivity contribution in [1.29, 1.82) is 0 Å². The molecule has 3 rings (SSSR count). The van der Waals surface area contributed by atoms with Gasteiger partial charge in [-0.2, -0.15) is 4.31 Å². The van der Waals surface area contributed by atoms with Gasteiger partial charge >= 0.3 is 5.97 Å².